The molecular formula is C14H15N. The fourth-order valence-corrected chi connectivity index (χ4v) is 1.91. The maximum atomic E-state index is 4.13. The van der Waals surface area contributed by atoms with Crippen LogP contribution in [0.5, 0.6) is 0 Å². The van der Waals surface area contributed by atoms with Crippen LogP contribution in [-0.2, 0) is 7.05 Å². The van der Waals surface area contributed by atoms with Crippen molar-refractivity contribution in [3.63, 3.8) is 0 Å². The molecule has 0 saturated carbocycles. The number of rotatable bonds is 1. The van der Waals surface area contributed by atoms with E-state index in [9.17, 15) is 0 Å². The van der Waals surface area contributed by atoms with E-state index in [1.807, 2.05) is 19.1 Å². The van der Waals surface area contributed by atoms with Crippen molar-refractivity contribution in [2.45, 2.75) is 6.92 Å². The van der Waals surface area contributed by atoms with E-state index in [4.69, 9.17) is 0 Å². The van der Waals surface area contributed by atoms with Crippen molar-refractivity contribution in [1.29, 1.82) is 0 Å². The first-order valence-electron chi connectivity index (χ1n) is 5.01. The van der Waals surface area contributed by atoms with E-state index in [-0.39, 0.29) is 0 Å². The van der Waals surface area contributed by atoms with E-state index in [2.05, 4.69) is 43.0 Å². The van der Waals surface area contributed by atoms with Crippen molar-refractivity contribution in [1.82, 2.24) is 4.57 Å². The number of fused-ring (bicyclic) bond motifs is 1. The minimum absolute atomic E-state index is 1.05. The summed E-state index contributed by atoms with van der Waals surface area (Å²) in [6.45, 7) is 10.0. The molecule has 0 unspecified atom stereocenters. The highest BCUT2D eigenvalue weighted by atomic mass is 14.9. The number of nitrogens with zero attached hydrogens (tertiary/aromatic N) is 1. The molecule has 0 atom stereocenters. The predicted molar refractivity (Wildman–Crippen MR) is 67.0 cm³/mol. The summed E-state index contributed by atoms with van der Waals surface area (Å²) >= 11 is 0. The lowest BCUT2D eigenvalue weighted by molar-refractivity contribution is 0.925. The summed E-state index contributed by atoms with van der Waals surface area (Å²) in [5.41, 5.74) is 2.26. The van der Waals surface area contributed by atoms with Crippen LogP contribution in [0.1, 0.15) is 6.92 Å². The Morgan fingerprint density at radius 3 is 2.60 bits per heavy atom. The Hall–Kier alpha value is -1.76. The average Bonchev–Trinajstić information content (AvgIpc) is 2.44. The van der Waals surface area contributed by atoms with Gasteiger partial charge in [0.25, 0.3) is 0 Å². The molecule has 2 aromatic rings. The van der Waals surface area contributed by atoms with E-state index in [1.165, 1.54) is 10.9 Å². The van der Waals surface area contributed by atoms with Crippen molar-refractivity contribution in [3.8, 4) is 0 Å². The van der Waals surface area contributed by atoms with Gasteiger partial charge in [0.2, 0.25) is 0 Å². The van der Waals surface area contributed by atoms with Crippen LogP contribution in [0.3, 0.4) is 0 Å². The fourth-order valence-electron chi connectivity index (χ4n) is 1.91. The number of aryl methyl sites for hydroxylation is 1. The Morgan fingerprint density at radius 1 is 1.33 bits per heavy atom. The van der Waals surface area contributed by atoms with Gasteiger partial charge in [-0.2, -0.15) is 0 Å². The predicted octanol–water partition coefficient (Wildman–Crippen LogP) is 1.95. The highest BCUT2D eigenvalue weighted by molar-refractivity contribution is 5.81. The van der Waals surface area contributed by atoms with Crippen LogP contribution < -0.4 is 10.6 Å². The quantitative estimate of drug-likeness (QED) is 0.658. The number of aromatic nitrogens is 1. The molecule has 1 heteroatoms. The second-order valence-electron chi connectivity index (χ2n) is 3.93. The minimum Gasteiger partial charge on any atom is -0.344 e. The number of para-hydroxylation sites is 1. The molecule has 0 fully saturated rings. The molecule has 0 saturated heterocycles. The zero-order valence-corrected chi connectivity index (χ0v) is 9.25. The van der Waals surface area contributed by atoms with Gasteiger partial charge in [0.1, 0.15) is 0 Å². The number of hydrogen-bond acceptors (Lipinski definition) is 0. The summed E-state index contributed by atoms with van der Waals surface area (Å²) in [6, 6.07) is 8.31. The van der Waals surface area contributed by atoms with E-state index < -0.39 is 0 Å². The molecule has 0 aliphatic carbocycles. The van der Waals surface area contributed by atoms with E-state index in [0.717, 1.165) is 16.1 Å². The molecule has 1 aromatic carbocycles. The largest absolute Gasteiger partial charge is 0.344 e. The van der Waals surface area contributed by atoms with Crippen LogP contribution in [-0.4, -0.2) is 4.57 Å². The summed E-state index contributed by atoms with van der Waals surface area (Å²) < 4.78 is 2.16. The van der Waals surface area contributed by atoms with Gasteiger partial charge in [-0.3, -0.25) is 0 Å². The summed E-state index contributed by atoms with van der Waals surface area (Å²) in [6.07, 6.45) is 2.07. The van der Waals surface area contributed by atoms with Crippen LogP contribution in [0, 0.1) is 0 Å². The molecule has 15 heavy (non-hydrogen) atoms. The molecular weight excluding hydrogens is 182 g/mol. The fraction of sp³-hybridized carbons (Fsp3) is 0.143. The van der Waals surface area contributed by atoms with Crippen LogP contribution in [0.2, 0.25) is 0 Å². The summed E-state index contributed by atoms with van der Waals surface area (Å²) in [5, 5.41) is 3.44. The monoisotopic (exact) mass is 197 g/mol. The molecule has 0 spiro atoms. The lowest BCUT2D eigenvalue weighted by Crippen LogP contribution is -2.26. The SMILES string of the molecule is C=C(C)/C=c1\c(=C)c2ccccc2n1C. The molecule has 1 heterocycles. The maximum Gasteiger partial charge on any atom is 0.0488 e. The molecule has 0 aliphatic heterocycles. The Morgan fingerprint density at radius 2 is 2.00 bits per heavy atom. The second-order valence-corrected chi connectivity index (χ2v) is 3.93. The number of allylic oxidation sites excluding steroid dienone is 1. The Kier molecular flexibility index (Phi) is 2.24. The first kappa shape index (κ1) is 9.78. The van der Waals surface area contributed by atoms with Crippen LogP contribution in [0.4, 0.5) is 0 Å². The third-order valence-electron chi connectivity index (χ3n) is 2.64. The molecule has 0 bridgehead atoms. The third kappa shape index (κ3) is 1.50. The topological polar surface area (TPSA) is 4.93 Å². The highest BCUT2D eigenvalue weighted by Crippen LogP contribution is 2.06. The molecule has 0 N–H and O–H groups in total. The van der Waals surface area contributed by atoms with Gasteiger partial charge in [0.05, 0.1) is 0 Å². The van der Waals surface area contributed by atoms with Gasteiger partial charge in [0, 0.05) is 28.5 Å². The summed E-state index contributed by atoms with van der Waals surface area (Å²) in [4.78, 5) is 0. The Bertz CT molecular complexity index is 629. The van der Waals surface area contributed by atoms with Gasteiger partial charge < -0.3 is 4.57 Å². The van der Waals surface area contributed by atoms with Crippen molar-refractivity contribution in [2.75, 3.05) is 0 Å². The normalized spacial score (nSPS) is 12.3. The molecule has 76 valence electrons. The first-order valence-corrected chi connectivity index (χ1v) is 5.01. The maximum absolute atomic E-state index is 4.13. The zero-order valence-electron chi connectivity index (χ0n) is 9.25. The van der Waals surface area contributed by atoms with E-state index in [1.54, 1.807) is 0 Å². The molecule has 0 aliphatic rings. The van der Waals surface area contributed by atoms with Crippen molar-refractivity contribution < 1.29 is 0 Å². The molecule has 0 radical (unpaired) electrons. The lowest BCUT2D eigenvalue weighted by atomic mass is 10.2. The highest BCUT2D eigenvalue weighted by Gasteiger charge is 2.01. The molecule has 1 aromatic heterocycles. The van der Waals surface area contributed by atoms with E-state index >= 15 is 0 Å². The van der Waals surface area contributed by atoms with Gasteiger partial charge in [-0.15, -0.1) is 0 Å². The lowest BCUT2D eigenvalue weighted by Gasteiger charge is -1.95. The van der Waals surface area contributed by atoms with Crippen molar-refractivity contribution in [3.05, 3.63) is 47.0 Å². The van der Waals surface area contributed by atoms with Crippen molar-refractivity contribution in [2.24, 2.45) is 7.05 Å². The van der Waals surface area contributed by atoms with Gasteiger partial charge >= 0.3 is 0 Å². The average molecular weight is 197 g/mol. The zero-order chi connectivity index (χ0) is 11.0. The van der Waals surface area contributed by atoms with Gasteiger partial charge in [-0.05, 0) is 19.1 Å². The van der Waals surface area contributed by atoms with Crippen LogP contribution in [0.25, 0.3) is 23.6 Å². The number of hydrogen-bond donors (Lipinski definition) is 0. The van der Waals surface area contributed by atoms with Crippen LogP contribution >= 0.6 is 0 Å². The van der Waals surface area contributed by atoms with Gasteiger partial charge in [0.15, 0.2) is 0 Å². The first-order chi connectivity index (χ1) is 7.11. The Balaban J connectivity index is 3.00. The second kappa shape index (κ2) is 3.43. The molecule has 1 nitrogen and oxygen atoms in total. The summed E-state index contributed by atoms with van der Waals surface area (Å²) in [5.74, 6) is 0. The van der Waals surface area contributed by atoms with E-state index in [0.29, 0.717) is 0 Å². The van der Waals surface area contributed by atoms with Crippen molar-refractivity contribution >= 4 is 23.6 Å². The van der Waals surface area contributed by atoms with Crippen LogP contribution in [0.15, 0.2) is 36.4 Å². The minimum atomic E-state index is 1.05. The molecule has 2 rings (SSSR count). The molecule has 0 amide bonds. The standard InChI is InChI=1S/C14H15N/c1-10(2)9-14-11(3)12-7-5-6-8-13(12)15(14)4/h5-9H,1,3H2,2,4H3/b14-9+. The summed E-state index contributed by atoms with van der Waals surface area (Å²) in [7, 11) is 2.06. The number of benzene rings is 1. The van der Waals surface area contributed by atoms with Gasteiger partial charge in [-0.25, -0.2) is 0 Å². The smallest absolute Gasteiger partial charge is 0.0488 e. The van der Waals surface area contributed by atoms with Gasteiger partial charge in [-0.1, -0.05) is 36.9 Å². The third-order valence-corrected chi connectivity index (χ3v) is 2.64. The Labute approximate surface area is 89.7 Å².